The zero-order valence-electron chi connectivity index (χ0n) is 14.1. The highest BCUT2D eigenvalue weighted by Gasteiger charge is 2.13. The molecule has 1 aromatic heterocycles. The molecule has 0 spiro atoms. The third-order valence-electron chi connectivity index (χ3n) is 3.43. The van der Waals surface area contributed by atoms with Gasteiger partial charge in [-0.05, 0) is 48.4 Å². The maximum Gasteiger partial charge on any atom is 0.334 e. The van der Waals surface area contributed by atoms with E-state index in [2.05, 4.69) is 4.98 Å². The predicted molar refractivity (Wildman–Crippen MR) is 92.1 cm³/mol. The lowest BCUT2D eigenvalue weighted by Gasteiger charge is -2.11. The van der Waals surface area contributed by atoms with E-state index in [9.17, 15) is 4.79 Å². The standard InChI is InChI=1S/C19H21NO4/c1-4-24-19(21)16(11-14-7-9-20-10-8-14)12-15-5-6-17(22-2)18(13-15)23-3/h5-11,13H,4,12H2,1-3H3/b16-11-. The SMILES string of the molecule is CCOC(=O)/C(=C\c1ccncc1)Cc1ccc(OC)c(OC)c1. The molecule has 1 heterocycles. The second-order valence-electron chi connectivity index (χ2n) is 5.04. The third-order valence-corrected chi connectivity index (χ3v) is 3.43. The van der Waals surface area contributed by atoms with Gasteiger partial charge >= 0.3 is 5.97 Å². The van der Waals surface area contributed by atoms with Gasteiger partial charge < -0.3 is 14.2 Å². The van der Waals surface area contributed by atoms with Crippen LogP contribution in [-0.4, -0.2) is 31.8 Å². The second-order valence-corrected chi connectivity index (χ2v) is 5.04. The van der Waals surface area contributed by atoms with Crippen LogP contribution in [0.4, 0.5) is 0 Å². The van der Waals surface area contributed by atoms with Gasteiger partial charge in [0.1, 0.15) is 0 Å². The second kappa shape index (κ2) is 8.72. The van der Waals surface area contributed by atoms with E-state index in [-0.39, 0.29) is 5.97 Å². The van der Waals surface area contributed by atoms with Crippen LogP contribution in [-0.2, 0) is 16.0 Å². The number of rotatable bonds is 7. The Balaban J connectivity index is 2.32. The van der Waals surface area contributed by atoms with Gasteiger partial charge in [-0.2, -0.15) is 0 Å². The molecule has 5 nitrogen and oxygen atoms in total. The molecule has 2 rings (SSSR count). The van der Waals surface area contributed by atoms with Gasteiger partial charge in [-0.25, -0.2) is 4.79 Å². The summed E-state index contributed by atoms with van der Waals surface area (Å²) in [4.78, 5) is 16.3. The molecule has 1 aromatic carbocycles. The van der Waals surface area contributed by atoms with Gasteiger partial charge in [-0.1, -0.05) is 6.07 Å². The molecule has 0 saturated carbocycles. The maximum absolute atomic E-state index is 12.3. The van der Waals surface area contributed by atoms with E-state index in [4.69, 9.17) is 14.2 Å². The highest BCUT2D eigenvalue weighted by atomic mass is 16.5. The molecule has 0 amide bonds. The summed E-state index contributed by atoms with van der Waals surface area (Å²) in [5.41, 5.74) is 2.39. The Labute approximate surface area is 141 Å². The minimum atomic E-state index is -0.330. The minimum Gasteiger partial charge on any atom is -0.493 e. The Morgan fingerprint density at radius 1 is 1.08 bits per heavy atom. The minimum absolute atomic E-state index is 0.330. The summed E-state index contributed by atoms with van der Waals surface area (Å²) in [6, 6.07) is 9.27. The number of aromatic nitrogens is 1. The summed E-state index contributed by atoms with van der Waals surface area (Å²) >= 11 is 0. The fourth-order valence-corrected chi connectivity index (χ4v) is 2.28. The van der Waals surface area contributed by atoms with Crippen LogP contribution in [0.3, 0.4) is 0 Å². The summed E-state index contributed by atoms with van der Waals surface area (Å²) in [6.07, 6.45) is 5.62. The van der Waals surface area contributed by atoms with Crippen LogP contribution in [0, 0.1) is 0 Å². The lowest BCUT2D eigenvalue weighted by molar-refractivity contribution is -0.138. The Bertz CT molecular complexity index is 711. The molecule has 0 fully saturated rings. The van der Waals surface area contributed by atoms with Gasteiger partial charge in [0.25, 0.3) is 0 Å². The molecule has 0 unspecified atom stereocenters. The molecule has 24 heavy (non-hydrogen) atoms. The number of benzene rings is 1. The van der Waals surface area contributed by atoms with Crippen molar-refractivity contribution >= 4 is 12.0 Å². The molecule has 0 aliphatic rings. The number of hydrogen-bond acceptors (Lipinski definition) is 5. The summed E-state index contributed by atoms with van der Waals surface area (Å²) < 4.78 is 15.7. The van der Waals surface area contributed by atoms with E-state index in [1.165, 1.54) is 0 Å². The molecule has 0 saturated heterocycles. The van der Waals surface area contributed by atoms with E-state index in [1.54, 1.807) is 33.5 Å². The van der Waals surface area contributed by atoms with Crippen LogP contribution in [0.2, 0.25) is 0 Å². The lowest BCUT2D eigenvalue weighted by atomic mass is 10.0. The van der Waals surface area contributed by atoms with Crippen LogP contribution in [0.25, 0.3) is 6.08 Å². The van der Waals surface area contributed by atoms with Crippen LogP contribution in [0.5, 0.6) is 11.5 Å². The normalized spacial score (nSPS) is 11.0. The average Bonchev–Trinajstić information content (AvgIpc) is 2.62. The first-order valence-corrected chi connectivity index (χ1v) is 7.66. The zero-order valence-corrected chi connectivity index (χ0v) is 14.1. The van der Waals surface area contributed by atoms with Crippen molar-refractivity contribution in [3.05, 3.63) is 59.4 Å². The Morgan fingerprint density at radius 3 is 2.42 bits per heavy atom. The Hall–Kier alpha value is -2.82. The van der Waals surface area contributed by atoms with E-state index in [1.807, 2.05) is 36.4 Å². The average molecular weight is 327 g/mol. The topological polar surface area (TPSA) is 57.7 Å². The van der Waals surface area contributed by atoms with Crippen molar-refractivity contribution in [2.75, 3.05) is 20.8 Å². The molecule has 5 heteroatoms. The van der Waals surface area contributed by atoms with Gasteiger partial charge in [0.05, 0.1) is 20.8 Å². The molecule has 0 aliphatic heterocycles. The number of nitrogens with zero attached hydrogens (tertiary/aromatic N) is 1. The van der Waals surface area contributed by atoms with Crippen LogP contribution >= 0.6 is 0 Å². The molecular weight excluding hydrogens is 306 g/mol. The van der Waals surface area contributed by atoms with Crippen molar-refractivity contribution in [3.63, 3.8) is 0 Å². The molecule has 0 aliphatic carbocycles. The first kappa shape index (κ1) is 17.5. The van der Waals surface area contributed by atoms with E-state index in [0.29, 0.717) is 30.1 Å². The van der Waals surface area contributed by atoms with Crippen molar-refractivity contribution in [1.82, 2.24) is 4.98 Å². The number of ether oxygens (including phenoxy) is 3. The van der Waals surface area contributed by atoms with Gasteiger partial charge in [0.2, 0.25) is 0 Å². The molecular formula is C19H21NO4. The van der Waals surface area contributed by atoms with Gasteiger partial charge in [0, 0.05) is 24.4 Å². The van der Waals surface area contributed by atoms with Crippen molar-refractivity contribution in [2.45, 2.75) is 13.3 Å². The summed E-state index contributed by atoms with van der Waals surface area (Å²) in [6.45, 7) is 2.12. The monoisotopic (exact) mass is 327 g/mol. The van der Waals surface area contributed by atoms with Crippen LogP contribution < -0.4 is 9.47 Å². The third kappa shape index (κ3) is 4.59. The number of methoxy groups -OCH3 is 2. The zero-order chi connectivity index (χ0) is 17.4. The number of pyridine rings is 1. The number of carbonyl (C=O) groups excluding carboxylic acids is 1. The highest BCUT2D eigenvalue weighted by molar-refractivity contribution is 5.94. The Morgan fingerprint density at radius 2 is 1.79 bits per heavy atom. The molecule has 0 radical (unpaired) electrons. The van der Waals surface area contributed by atoms with Crippen molar-refractivity contribution in [3.8, 4) is 11.5 Å². The molecule has 0 bridgehead atoms. The van der Waals surface area contributed by atoms with Gasteiger partial charge in [-0.15, -0.1) is 0 Å². The number of carbonyl (C=O) groups is 1. The smallest absolute Gasteiger partial charge is 0.334 e. The maximum atomic E-state index is 12.3. The van der Waals surface area contributed by atoms with Crippen molar-refractivity contribution in [2.24, 2.45) is 0 Å². The molecule has 0 atom stereocenters. The summed E-state index contributed by atoms with van der Waals surface area (Å²) in [5.74, 6) is 0.947. The summed E-state index contributed by atoms with van der Waals surface area (Å²) in [5, 5.41) is 0. The Kier molecular flexibility index (Phi) is 6.37. The lowest BCUT2D eigenvalue weighted by Crippen LogP contribution is -2.10. The largest absolute Gasteiger partial charge is 0.493 e. The van der Waals surface area contributed by atoms with E-state index >= 15 is 0 Å². The highest BCUT2D eigenvalue weighted by Crippen LogP contribution is 2.28. The predicted octanol–water partition coefficient (Wildman–Crippen LogP) is 3.29. The fourth-order valence-electron chi connectivity index (χ4n) is 2.28. The summed E-state index contributed by atoms with van der Waals surface area (Å²) in [7, 11) is 3.17. The van der Waals surface area contributed by atoms with E-state index < -0.39 is 0 Å². The first-order valence-electron chi connectivity index (χ1n) is 7.66. The van der Waals surface area contributed by atoms with Gasteiger partial charge in [0.15, 0.2) is 11.5 Å². The first-order chi connectivity index (χ1) is 11.7. The van der Waals surface area contributed by atoms with Crippen LogP contribution in [0.1, 0.15) is 18.1 Å². The van der Waals surface area contributed by atoms with Crippen molar-refractivity contribution < 1.29 is 19.0 Å². The van der Waals surface area contributed by atoms with Gasteiger partial charge in [-0.3, -0.25) is 4.98 Å². The molecule has 126 valence electrons. The van der Waals surface area contributed by atoms with Crippen LogP contribution in [0.15, 0.2) is 48.3 Å². The quantitative estimate of drug-likeness (QED) is 0.577. The van der Waals surface area contributed by atoms with Crippen molar-refractivity contribution in [1.29, 1.82) is 0 Å². The number of esters is 1. The number of hydrogen-bond donors (Lipinski definition) is 0. The molecule has 2 aromatic rings. The molecule has 0 N–H and O–H groups in total. The fraction of sp³-hybridized carbons (Fsp3) is 0.263. The van der Waals surface area contributed by atoms with E-state index in [0.717, 1.165) is 11.1 Å².